The third-order valence-electron chi connectivity index (χ3n) is 4.85. The fraction of sp³-hybridized carbons (Fsp3) is 0.556. The van der Waals surface area contributed by atoms with Crippen molar-refractivity contribution in [2.24, 2.45) is 7.05 Å². The fourth-order valence-corrected chi connectivity index (χ4v) is 5.18. The topological polar surface area (TPSA) is 107 Å². The molecule has 1 aliphatic rings. The van der Waals surface area contributed by atoms with E-state index >= 15 is 0 Å². The van der Waals surface area contributed by atoms with Gasteiger partial charge in [0, 0.05) is 26.2 Å². The number of hydrogen-bond acceptors (Lipinski definition) is 6. The van der Waals surface area contributed by atoms with Crippen molar-refractivity contribution in [2.75, 3.05) is 18.4 Å². The molecule has 3 rings (SSSR count). The first-order valence-electron chi connectivity index (χ1n) is 9.08. The van der Waals surface area contributed by atoms with Gasteiger partial charge in [-0.2, -0.15) is 9.40 Å². The summed E-state index contributed by atoms with van der Waals surface area (Å²) < 4.78 is 40.3. The summed E-state index contributed by atoms with van der Waals surface area (Å²) in [4.78, 5) is 12.6. The molecule has 2 aromatic rings. The SMILES string of the molecule is Cc1nn(C)c(C)c1NC(=O)c1cc(S(=O)(=O)N2CC(C)OC(C)C2)c(C)o1. The molecule has 1 aliphatic heterocycles. The lowest BCUT2D eigenvalue weighted by molar-refractivity contribution is -0.0441. The van der Waals surface area contributed by atoms with Crippen LogP contribution in [0.3, 0.4) is 0 Å². The van der Waals surface area contributed by atoms with Crippen LogP contribution in [-0.2, 0) is 21.8 Å². The number of hydrogen-bond donors (Lipinski definition) is 1. The average Bonchev–Trinajstić information content (AvgIpc) is 3.10. The number of rotatable bonds is 4. The van der Waals surface area contributed by atoms with Crippen molar-refractivity contribution >= 4 is 21.6 Å². The van der Waals surface area contributed by atoms with Crippen molar-refractivity contribution in [3.8, 4) is 0 Å². The van der Waals surface area contributed by atoms with E-state index in [1.807, 2.05) is 20.8 Å². The minimum absolute atomic E-state index is 0.00131. The Morgan fingerprint density at radius 1 is 1.21 bits per heavy atom. The van der Waals surface area contributed by atoms with E-state index in [-0.39, 0.29) is 41.7 Å². The summed E-state index contributed by atoms with van der Waals surface area (Å²) in [6.07, 6.45) is -0.407. The van der Waals surface area contributed by atoms with Crippen LogP contribution in [0, 0.1) is 20.8 Å². The molecular weight excluding hydrogens is 384 g/mol. The monoisotopic (exact) mass is 410 g/mol. The molecule has 0 aromatic carbocycles. The number of furan rings is 1. The Balaban J connectivity index is 1.87. The van der Waals surface area contributed by atoms with Crippen LogP contribution in [0.25, 0.3) is 0 Å². The van der Waals surface area contributed by atoms with Gasteiger partial charge >= 0.3 is 0 Å². The van der Waals surface area contributed by atoms with E-state index in [0.29, 0.717) is 11.4 Å². The van der Waals surface area contributed by atoms with E-state index in [4.69, 9.17) is 9.15 Å². The van der Waals surface area contributed by atoms with Gasteiger partial charge in [-0.1, -0.05) is 0 Å². The largest absolute Gasteiger partial charge is 0.455 e. The van der Waals surface area contributed by atoms with Crippen LogP contribution in [0.2, 0.25) is 0 Å². The molecule has 1 saturated heterocycles. The lowest BCUT2D eigenvalue weighted by Gasteiger charge is -2.34. The highest BCUT2D eigenvalue weighted by atomic mass is 32.2. The molecule has 2 unspecified atom stereocenters. The molecule has 1 fully saturated rings. The summed E-state index contributed by atoms with van der Waals surface area (Å²) >= 11 is 0. The quantitative estimate of drug-likeness (QED) is 0.826. The second-order valence-corrected chi connectivity index (χ2v) is 9.14. The number of aryl methyl sites for hydroxylation is 3. The zero-order chi connectivity index (χ0) is 20.8. The van der Waals surface area contributed by atoms with Gasteiger partial charge in [0.25, 0.3) is 5.91 Å². The minimum Gasteiger partial charge on any atom is -0.455 e. The van der Waals surface area contributed by atoms with E-state index in [1.165, 1.54) is 17.3 Å². The molecule has 0 radical (unpaired) electrons. The van der Waals surface area contributed by atoms with Gasteiger partial charge in [-0.05, 0) is 34.6 Å². The average molecular weight is 410 g/mol. The standard InChI is InChI=1S/C18H26N4O5S/c1-10-8-22(9-11(2)26-10)28(24,25)16-7-15(27-14(16)5)18(23)19-17-12(3)20-21(6)13(17)4/h7,10-11H,8-9H2,1-6H3,(H,19,23). The predicted octanol–water partition coefficient (Wildman–Crippen LogP) is 1.99. The number of sulfonamides is 1. The van der Waals surface area contributed by atoms with Gasteiger partial charge in [0.1, 0.15) is 10.7 Å². The number of nitrogens with one attached hydrogen (secondary N) is 1. The Kier molecular flexibility index (Phi) is 5.39. The fourth-order valence-electron chi connectivity index (χ4n) is 3.43. The molecule has 0 spiro atoms. The molecule has 28 heavy (non-hydrogen) atoms. The molecule has 0 saturated carbocycles. The Hall–Kier alpha value is -2.17. The van der Waals surface area contributed by atoms with E-state index in [0.717, 1.165) is 5.69 Å². The molecule has 154 valence electrons. The van der Waals surface area contributed by atoms with Crippen LogP contribution in [0.5, 0.6) is 0 Å². The summed E-state index contributed by atoms with van der Waals surface area (Å²) in [5.74, 6) is -0.405. The summed E-state index contributed by atoms with van der Waals surface area (Å²) in [7, 11) is -2.01. The second kappa shape index (κ2) is 7.34. The van der Waals surface area contributed by atoms with Crippen molar-refractivity contribution in [1.82, 2.24) is 14.1 Å². The van der Waals surface area contributed by atoms with Gasteiger partial charge in [-0.25, -0.2) is 8.42 Å². The van der Waals surface area contributed by atoms with Crippen LogP contribution in [0.1, 0.15) is 41.6 Å². The molecule has 2 atom stereocenters. The molecule has 9 nitrogen and oxygen atoms in total. The number of morpholine rings is 1. The van der Waals surface area contributed by atoms with E-state index in [1.54, 1.807) is 18.7 Å². The summed E-state index contributed by atoms with van der Waals surface area (Å²) in [5, 5.41) is 7.01. The van der Waals surface area contributed by atoms with E-state index in [2.05, 4.69) is 10.4 Å². The van der Waals surface area contributed by atoms with Gasteiger partial charge < -0.3 is 14.5 Å². The predicted molar refractivity (Wildman–Crippen MR) is 103 cm³/mol. The van der Waals surface area contributed by atoms with E-state index in [9.17, 15) is 13.2 Å². The van der Waals surface area contributed by atoms with Crippen LogP contribution < -0.4 is 5.32 Å². The Morgan fingerprint density at radius 2 is 1.82 bits per heavy atom. The minimum atomic E-state index is -3.79. The molecule has 1 N–H and O–H groups in total. The molecule has 10 heteroatoms. The first-order valence-corrected chi connectivity index (χ1v) is 10.5. The van der Waals surface area contributed by atoms with Crippen LogP contribution in [0.4, 0.5) is 5.69 Å². The maximum absolute atomic E-state index is 13.1. The maximum Gasteiger partial charge on any atom is 0.291 e. The van der Waals surface area contributed by atoms with Crippen molar-refractivity contribution < 1.29 is 22.4 Å². The number of aromatic nitrogens is 2. The van der Waals surface area contributed by atoms with Crippen molar-refractivity contribution in [3.05, 3.63) is 29.0 Å². The lowest BCUT2D eigenvalue weighted by Crippen LogP contribution is -2.48. The third kappa shape index (κ3) is 3.71. The second-order valence-electron chi connectivity index (χ2n) is 7.23. The number of carbonyl (C=O) groups is 1. The Labute approximate surface area is 164 Å². The van der Waals surface area contributed by atoms with Crippen molar-refractivity contribution in [3.63, 3.8) is 0 Å². The zero-order valence-electron chi connectivity index (χ0n) is 16.9. The molecule has 2 aromatic heterocycles. The highest BCUT2D eigenvalue weighted by Gasteiger charge is 2.35. The molecule has 1 amide bonds. The number of ether oxygens (including phenoxy) is 1. The smallest absolute Gasteiger partial charge is 0.291 e. The van der Waals surface area contributed by atoms with Gasteiger partial charge in [0.15, 0.2) is 5.76 Å². The van der Waals surface area contributed by atoms with Crippen molar-refractivity contribution in [1.29, 1.82) is 0 Å². The normalized spacial score (nSPS) is 21.1. The van der Waals surface area contributed by atoms with Gasteiger partial charge in [-0.15, -0.1) is 0 Å². The first kappa shape index (κ1) is 20.6. The zero-order valence-corrected chi connectivity index (χ0v) is 17.8. The molecule has 0 bridgehead atoms. The maximum atomic E-state index is 13.1. The number of amides is 1. The summed E-state index contributed by atoms with van der Waals surface area (Å²) in [6, 6.07) is 1.28. The highest BCUT2D eigenvalue weighted by Crippen LogP contribution is 2.27. The lowest BCUT2D eigenvalue weighted by atomic mass is 10.3. The van der Waals surface area contributed by atoms with E-state index < -0.39 is 15.9 Å². The first-order chi connectivity index (χ1) is 13.0. The third-order valence-corrected chi connectivity index (χ3v) is 6.79. The summed E-state index contributed by atoms with van der Waals surface area (Å²) in [5.41, 5.74) is 2.04. The number of nitrogens with zero attached hydrogens (tertiary/aromatic N) is 3. The molecule has 0 aliphatic carbocycles. The van der Waals surface area contributed by atoms with Crippen LogP contribution in [0.15, 0.2) is 15.4 Å². The van der Waals surface area contributed by atoms with Gasteiger partial charge in [0.2, 0.25) is 10.0 Å². The van der Waals surface area contributed by atoms with Crippen molar-refractivity contribution in [2.45, 2.75) is 51.7 Å². The highest BCUT2D eigenvalue weighted by molar-refractivity contribution is 7.89. The van der Waals surface area contributed by atoms with Gasteiger partial charge in [0.05, 0.1) is 29.3 Å². The Bertz CT molecular complexity index is 998. The summed E-state index contributed by atoms with van der Waals surface area (Å²) in [6.45, 7) is 9.33. The number of anilines is 1. The molecule has 3 heterocycles. The van der Waals surface area contributed by atoms with Gasteiger partial charge in [-0.3, -0.25) is 9.48 Å². The number of carbonyl (C=O) groups excluding carboxylic acids is 1. The van der Waals surface area contributed by atoms with Crippen LogP contribution >= 0.6 is 0 Å². The Morgan fingerprint density at radius 3 is 2.36 bits per heavy atom. The molecular formula is C18H26N4O5S. The van der Waals surface area contributed by atoms with Crippen LogP contribution in [-0.4, -0.2) is 53.7 Å².